The van der Waals surface area contributed by atoms with Gasteiger partial charge in [0.25, 0.3) is 0 Å². The number of alkyl halides is 3. The average molecular weight is 226 g/mol. The van der Waals surface area contributed by atoms with Crippen molar-refractivity contribution in [1.82, 2.24) is 5.32 Å². The van der Waals surface area contributed by atoms with Gasteiger partial charge in [0, 0.05) is 12.5 Å². The Balaban J connectivity index is 3.26. The molecule has 0 fully saturated rings. The second-order valence-electron chi connectivity index (χ2n) is 4.17. The van der Waals surface area contributed by atoms with Crippen LogP contribution in [0.15, 0.2) is 0 Å². The smallest absolute Gasteiger partial charge is 0.327 e. The van der Waals surface area contributed by atoms with Crippen molar-refractivity contribution < 1.29 is 13.2 Å². The van der Waals surface area contributed by atoms with Crippen LogP contribution < -0.4 is 11.1 Å². The number of hydrogen-bond acceptors (Lipinski definition) is 2. The maximum atomic E-state index is 11.8. The van der Waals surface area contributed by atoms with Crippen LogP contribution >= 0.6 is 0 Å². The summed E-state index contributed by atoms with van der Waals surface area (Å²) in [6.45, 7) is 5.17. The highest BCUT2D eigenvalue weighted by Crippen LogP contribution is 2.20. The largest absolute Gasteiger partial charge is 0.389 e. The van der Waals surface area contributed by atoms with Gasteiger partial charge >= 0.3 is 6.18 Å². The van der Waals surface area contributed by atoms with Gasteiger partial charge in [0.1, 0.15) is 0 Å². The summed E-state index contributed by atoms with van der Waals surface area (Å²) in [5.41, 5.74) is 5.78. The SMILES string of the molecule is CC(C)C(N)CCNCCCC(F)(F)F. The lowest BCUT2D eigenvalue weighted by atomic mass is 10.0. The highest BCUT2D eigenvalue weighted by molar-refractivity contribution is 4.66. The first-order valence-corrected chi connectivity index (χ1v) is 5.36. The molecule has 0 aromatic carbocycles. The van der Waals surface area contributed by atoms with Crippen LogP contribution in [0.2, 0.25) is 0 Å². The number of nitrogens with one attached hydrogen (secondary N) is 1. The Labute approximate surface area is 89.4 Å². The lowest BCUT2D eigenvalue weighted by Gasteiger charge is -2.15. The van der Waals surface area contributed by atoms with E-state index in [1.54, 1.807) is 0 Å². The molecule has 0 amide bonds. The maximum Gasteiger partial charge on any atom is 0.389 e. The Morgan fingerprint density at radius 3 is 2.27 bits per heavy atom. The molecule has 0 aromatic heterocycles. The van der Waals surface area contributed by atoms with E-state index in [0.717, 1.165) is 6.42 Å². The first-order valence-electron chi connectivity index (χ1n) is 5.36. The van der Waals surface area contributed by atoms with Crippen molar-refractivity contribution in [2.45, 2.75) is 45.3 Å². The zero-order valence-corrected chi connectivity index (χ0v) is 9.40. The average Bonchev–Trinajstić information content (AvgIpc) is 2.08. The standard InChI is InChI=1S/C10H21F3N2/c1-8(2)9(14)4-7-15-6-3-5-10(11,12)13/h8-9,15H,3-7,14H2,1-2H3. The molecule has 0 rings (SSSR count). The number of nitrogens with two attached hydrogens (primary N) is 1. The van der Waals surface area contributed by atoms with Gasteiger partial charge in [-0.3, -0.25) is 0 Å². The number of rotatable bonds is 7. The second kappa shape index (κ2) is 7.06. The predicted octanol–water partition coefficient (Wildman–Crippen LogP) is 2.29. The summed E-state index contributed by atoms with van der Waals surface area (Å²) in [6, 6.07) is 0.125. The van der Waals surface area contributed by atoms with Crippen molar-refractivity contribution in [2.24, 2.45) is 11.7 Å². The zero-order chi connectivity index (χ0) is 11.9. The molecule has 3 N–H and O–H groups in total. The van der Waals surface area contributed by atoms with Crippen LogP contribution in [0.3, 0.4) is 0 Å². The Hall–Kier alpha value is -0.290. The zero-order valence-electron chi connectivity index (χ0n) is 9.40. The lowest BCUT2D eigenvalue weighted by molar-refractivity contribution is -0.135. The van der Waals surface area contributed by atoms with Crippen molar-refractivity contribution in [2.75, 3.05) is 13.1 Å². The molecule has 0 radical (unpaired) electrons. The molecule has 92 valence electrons. The van der Waals surface area contributed by atoms with E-state index in [9.17, 15) is 13.2 Å². The number of halogens is 3. The maximum absolute atomic E-state index is 11.8. The summed E-state index contributed by atoms with van der Waals surface area (Å²) < 4.78 is 35.3. The van der Waals surface area contributed by atoms with E-state index in [2.05, 4.69) is 5.32 Å². The van der Waals surface area contributed by atoms with Crippen molar-refractivity contribution in [1.29, 1.82) is 0 Å². The van der Waals surface area contributed by atoms with Crippen molar-refractivity contribution in [3.05, 3.63) is 0 Å². The van der Waals surface area contributed by atoms with E-state index in [1.807, 2.05) is 13.8 Å². The van der Waals surface area contributed by atoms with Gasteiger partial charge in [-0.15, -0.1) is 0 Å². The van der Waals surface area contributed by atoms with Crippen LogP contribution in [0.25, 0.3) is 0 Å². The molecule has 0 heterocycles. The Kier molecular flexibility index (Phi) is 6.92. The molecule has 0 spiro atoms. The van der Waals surface area contributed by atoms with E-state index in [4.69, 9.17) is 5.73 Å². The summed E-state index contributed by atoms with van der Waals surface area (Å²) in [5.74, 6) is 0.418. The van der Waals surface area contributed by atoms with Gasteiger partial charge in [-0.05, 0) is 31.8 Å². The monoisotopic (exact) mass is 226 g/mol. The van der Waals surface area contributed by atoms with Crippen molar-refractivity contribution in [3.8, 4) is 0 Å². The van der Waals surface area contributed by atoms with Crippen molar-refractivity contribution in [3.63, 3.8) is 0 Å². The normalized spacial score (nSPS) is 14.6. The van der Waals surface area contributed by atoms with Gasteiger partial charge in [0.2, 0.25) is 0 Å². The minimum absolute atomic E-state index is 0.125. The third-order valence-corrected chi connectivity index (χ3v) is 2.32. The molecule has 15 heavy (non-hydrogen) atoms. The Morgan fingerprint density at radius 2 is 1.80 bits per heavy atom. The van der Waals surface area contributed by atoms with Crippen LogP contribution in [-0.4, -0.2) is 25.3 Å². The fraction of sp³-hybridized carbons (Fsp3) is 1.00. The van der Waals surface area contributed by atoms with Gasteiger partial charge in [-0.25, -0.2) is 0 Å². The van der Waals surface area contributed by atoms with Crippen LogP contribution in [0.4, 0.5) is 13.2 Å². The van der Waals surface area contributed by atoms with Crippen LogP contribution in [-0.2, 0) is 0 Å². The van der Waals surface area contributed by atoms with Crippen LogP contribution in [0.1, 0.15) is 33.1 Å². The predicted molar refractivity (Wildman–Crippen MR) is 55.6 cm³/mol. The highest BCUT2D eigenvalue weighted by atomic mass is 19.4. The lowest BCUT2D eigenvalue weighted by Crippen LogP contribution is -2.31. The summed E-state index contributed by atoms with van der Waals surface area (Å²) >= 11 is 0. The first kappa shape index (κ1) is 14.7. The molecule has 1 atom stereocenters. The molecule has 5 heteroatoms. The highest BCUT2D eigenvalue weighted by Gasteiger charge is 2.25. The van der Waals surface area contributed by atoms with Crippen molar-refractivity contribution >= 4 is 0 Å². The molecular formula is C10H21F3N2. The minimum atomic E-state index is -4.03. The molecule has 0 aromatic rings. The quantitative estimate of drug-likeness (QED) is 0.654. The Bertz CT molecular complexity index is 157. The second-order valence-corrected chi connectivity index (χ2v) is 4.17. The Morgan fingerprint density at radius 1 is 1.20 bits per heavy atom. The summed E-state index contributed by atoms with van der Waals surface area (Å²) in [4.78, 5) is 0. The minimum Gasteiger partial charge on any atom is -0.327 e. The molecule has 0 aliphatic heterocycles. The third-order valence-electron chi connectivity index (χ3n) is 2.32. The molecular weight excluding hydrogens is 205 g/mol. The molecule has 0 aliphatic carbocycles. The molecule has 0 bridgehead atoms. The molecule has 0 saturated carbocycles. The fourth-order valence-electron chi connectivity index (χ4n) is 1.14. The number of hydrogen-bond donors (Lipinski definition) is 2. The summed E-state index contributed by atoms with van der Waals surface area (Å²) in [5, 5.41) is 2.96. The summed E-state index contributed by atoms with van der Waals surface area (Å²) in [6.07, 6.45) is -3.80. The fourth-order valence-corrected chi connectivity index (χ4v) is 1.14. The topological polar surface area (TPSA) is 38.0 Å². The van der Waals surface area contributed by atoms with Gasteiger partial charge in [0.05, 0.1) is 0 Å². The van der Waals surface area contributed by atoms with E-state index in [-0.39, 0.29) is 12.5 Å². The van der Waals surface area contributed by atoms with Crippen LogP contribution in [0.5, 0.6) is 0 Å². The van der Waals surface area contributed by atoms with Gasteiger partial charge in [-0.1, -0.05) is 13.8 Å². The molecule has 0 aliphatic rings. The van der Waals surface area contributed by atoms with E-state index < -0.39 is 12.6 Å². The van der Waals surface area contributed by atoms with E-state index >= 15 is 0 Å². The van der Waals surface area contributed by atoms with Gasteiger partial charge in [0.15, 0.2) is 0 Å². The van der Waals surface area contributed by atoms with E-state index in [1.165, 1.54) is 0 Å². The molecule has 0 saturated heterocycles. The van der Waals surface area contributed by atoms with Gasteiger partial charge < -0.3 is 11.1 Å². The van der Waals surface area contributed by atoms with Gasteiger partial charge in [-0.2, -0.15) is 13.2 Å². The third kappa shape index (κ3) is 10.0. The molecule has 1 unspecified atom stereocenters. The molecule has 2 nitrogen and oxygen atoms in total. The first-order chi connectivity index (χ1) is 6.83. The summed E-state index contributed by atoms with van der Waals surface area (Å²) in [7, 11) is 0. The van der Waals surface area contributed by atoms with E-state index in [0.29, 0.717) is 19.0 Å². The van der Waals surface area contributed by atoms with Crippen LogP contribution in [0, 0.1) is 5.92 Å².